The lowest BCUT2D eigenvalue weighted by atomic mass is 10.0. The monoisotopic (exact) mass is 550 g/mol. The molecular formula is C22H39IN4O2S. The average Bonchev–Trinajstić information content (AvgIpc) is 2.63. The van der Waals surface area contributed by atoms with Crippen molar-refractivity contribution < 1.29 is 8.42 Å². The van der Waals surface area contributed by atoms with Gasteiger partial charge in [0.05, 0.1) is 11.4 Å². The number of hydrogen-bond donors (Lipinski definition) is 2. The number of sulfone groups is 1. The van der Waals surface area contributed by atoms with Crippen LogP contribution in [0.4, 0.5) is 0 Å². The summed E-state index contributed by atoms with van der Waals surface area (Å²) in [6, 6.07) is 5.99. The Morgan fingerprint density at radius 3 is 2.60 bits per heavy atom. The Bertz CT molecular complexity index is 796. The summed E-state index contributed by atoms with van der Waals surface area (Å²) in [6.45, 7) is 13.0. The van der Waals surface area contributed by atoms with E-state index in [4.69, 9.17) is 4.99 Å². The van der Waals surface area contributed by atoms with Gasteiger partial charge in [0.25, 0.3) is 0 Å². The number of likely N-dealkylation sites (tertiary alicyclic amines) is 1. The van der Waals surface area contributed by atoms with E-state index in [-0.39, 0.29) is 24.0 Å². The summed E-state index contributed by atoms with van der Waals surface area (Å²) in [5, 5.41) is 6.84. The third kappa shape index (κ3) is 8.70. The maximum absolute atomic E-state index is 11.8. The van der Waals surface area contributed by atoms with Crippen molar-refractivity contribution >= 4 is 39.8 Å². The highest BCUT2D eigenvalue weighted by Crippen LogP contribution is 2.18. The summed E-state index contributed by atoms with van der Waals surface area (Å²) in [7, 11) is -3.19. The van der Waals surface area contributed by atoms with Crippen molar-refractivity contribution in [3.05, 3.63) is 29.3 Å². The van der Waals surface area contributed by atoms with Gasteiger partial charge in [-0.05, 0) is 56.3 Å². The predicted molar refractivity (Wildman–Crippen MR) is 137 cm³/mol. The normalized spacial score (nSPS) is 18.2. The van der Waals surface area contributed by atoms with Gasteiger partial charge in [0.2, 0.25) is 0 Å². The molecule has 0 spiro atoms. The molecule has 1 aliphatic rings. The van der Waals surface area contributed by atoms with Gasteiger partial charge in [0.15, 0.2) is 15.8 Å². The van der Waals surface area contributed by atoms with Gasteiger partial charge in [-0.25, -0.2) is 13.4 Å². The van der Waals surface area contributed by atoms with Crippen LogP contribution in [0.15, 0.2) is 28.1 Å². The van der Waals surface area contributed by atoms with Gasteiger partial charge in [-0.15, -0.1) is 24.0 Å². The van der Waals surface area contributed by atoms with Crippen molar-refractivity contribution in [2.45, 2.75) is 64.4 Å². The number of nitrogens with zero attached hydrogens (tertiary/aromatic N) is 2. The molecule has 30 heavy (non-hydrogen) atoms. The van der Waals surface area contributed by atoms with Gasteiger partial charge < -0.3 is 10.6 Å². The molecule has 172 valence electrons. The number of aryl methyl sites for hydroxylation is 1. The Balaban J connectivity index is 0.00000450. The van der Waals surface area contributed by atoms with E-state index in [0.29, 0.717) is 23.4 Å². The van der Waals surface area contributed by atoms with Crippen LogP contribution in [0.5, 0.6) is 0 Å². The minimum Gasteiger partial charge on any atom is -0.357 e. The van der Waals surface area contributed by atoms with Crippen LogP contribution in [-0.4, -0.2) is 57.8 Å². The van der Waals surface area contributed by atoms with Gasteiger partial charge in [-0.3, -0.25) is 4.90 Å². The molecule has 8 heteroatoms. The van der Waals surface area contributed by atoms with E-state index in [1.54, 1.807) is 6.07 Å². The summed E-state index contributed by atoms with van der Waals surface area (Å²) in [5.41, 5.74) is 1.77. The maximum atomic E-state index is 11.8. The Labute approximate surface area is 200 Å². The highest BCUT2D eigenvalue weighted by molar-refractivity contribution is 14.0. The molecule has 1 aliphatic heterocycles. The van der Waals surface area contributed by atoms with Crippen LogP contribution < -0.4 is 10.6 Å². The number of halogens is 1. The van der Waals surface area contributed by atoms with Crippen molar-refractivity contribution in [1.82, 2.24) is 15.5 Å². The lowest BCUT2D eigenvalue weighted by Crippen LogP contribution is -2.50. The number of hydrogen-bond acceptors (Lipinski definition) is 4. The predicted octanol–water partition coefficient (Wildman–Crippen LogP) is 3.58. The lowest BCUT2D eigenvalue weighted by molar-refractivity contribution is 0.133. The number of piperidine rings is 1. The standard InChI is InChI=1S/C22H38N4O2S.HI/c1-6-23-22(25-15-20-9-7-8-12-26(20)16-17(2)3)24-14-19-10-11-21(18(4)13-19)29(5,27)28;/h10-11,13,17,20H,6-9,12,14-16H2,1-5H3,(H2,23,24,25);1H. The van der Waals surface area contributed by atoms with Gasteiger partial charge in [-0.1, -0.05) is 32.4 Å². The average molecular weight is 551 g/mol. The first kappa shape index (κ1) is 27.2. The molecule has 2 rings (SSSR count). The molecule has 0 aromatic heterocycles. The summed E-state index contributed by atoms with van der Waals surface area (Å²) in [4.78, 5) is 7.71. The van der Waals surface area contributed by atoms with Gasteiger partial charge in [0.1, 0.15) is 0 Å². The Hall–Kier alpha value is -0.870. The van der Waals surface area contributed by atoms with Gasteiger partial charge in [-0.2, -0.15) is 0 Å². The van der Waals surface area contributed by atoms with E-state index < -0.39 is 9.84 Å². The van der Waals surface area contributed by atoms with E-state index in [0.717, 1.165) is 36.7 Å². The number of aliphatic imine (C=N–C) groups is 1. The van der Waals surface area contributed by atoms with Crippen LogP contribution >= 0.6 is 24.0 Å². The summed E-state index contributed by atoms with van der Waals surface area (Å²) in [6.07, 6.45) is 5.06. The van der Waals surface area contributed by atoms with E-state index in [2.05, 4.69) is 36.3 Å². The Morgan fingerprint density at radius 1 is 1.27 bits per heavy atom. The van der Waals surface area contributed by atoms with Crippen molar-refractivity contribution in [2.24, 2.45) is 10.9 Å². The van der Waals surface area contributed by atoms with Crippen LogP contribution in [-0.2, 0) is 16.4 Å². The van der Waals surface area contributed by atoms with Crippen molar-refractivity contribution in [3.8, 4) is 0 Å². The second-order valence-electron chi connectivity index (χ2n) is 8.49. The molecule has 1 aromatic carbocycles. The zero-order chi connectivity index (χ0) is 21.4. The smallest absolute Gasteiger partial charge is 0.191 e. The van der Waals surface area contributed by atoms with Crippen LogP contribution in [0.3, 0.4) is 0 Å². The Morgan fingerprint density at radius 2 is 2.00 bits per heavy atom. The van der Waals surface area contributed by atoms with E-state index in [9.17, 15) is 8.42 Å². The van der Waals surface area contributed by atoms with Gasteiger partial charge >= 0.3 is 0 Å². The molecule has 1 fully saturated rings. The molecule has 0 aliphatic carbocycles. The van der Waals surface area contributed by atoms with Gasteiger partial charge in [0, 0.05) is 31.9 Å². The molecule has 2 N–H and O–H groups in total. The molecule has 1 heterocycles. The minimum absolute atomic E-state index is 0. The quantitative estimate of drug-likeness (QED) is 0.294. The fourth-order valence-electron chi connectivity index (χ4n) is 3.95. The van der Waals surface area contributed by atoms with E-state index in [1.807, 2.05) is 19.1 Å². The molecule has 1 atom stereocenters. The second-order valence-corrected chi connectivity index (χ2v) is 10.5. The van der Waals surface area contributed by atoms with Crippen molar-refractivity contribution in [1.29, 1.82) is 0 Å². The molecule has 6 nitrogen and oxygen atoms in total. The van der Waals surface area contributed by atoms with Crippen LogP contribution in [0.25, 0.3) is 0 Å². The first-order valence-electron chi connectivity index (χ1n) is 10.8. The largest absolute Gasteiger partial charge is 0.357 e. The van der Waals surface area contributed by atoms with Crippen LogP contribution in [0, 0.1) is 12.8 Å². The molecule has 1 aromatic rings. The number of nitrogens with one attached hydrogen (secondary N) is 2. The molecule has 1 saturated heterocycles. The molecule has 0 amide bonds. The SMILES string of the molecule is CCNC(=NCc1ccc(S(C)(=O)=O)c(C)c1)NCC1CCCCN1CC(C)C.I. The first-order valence-corrected chi connectivity index (χ1v) is 12.7. The van der Waals surface area contributed by atoms with E-state index in [1.165, 1.54) is 32.1 Å². The summed E-state index contributed by atoms with van der Waals surface area (Å²) >= 11 is 0. The third-order valence-corrected chi connectivity index (χ3v) is 6.51. The fourth-order valence-corrected chi connectivity index (χ4v) is 4.91. The van der Waals surface area contributed by atoms with E-state index >= 15 is 0 Å². The minimum atomic E-state index is -3.19. The maximum Gasteiger partial charge on any atom is 0.191 e. The lowest BCUT2D eigenvalue weighted by Gasteiger charge is -2.37. The Kier molecular flexibility index (Phi) is 11.6. The zero-order valence-electron chi connectivity index (χ0n) is 19.1. The topological polar surface area (TPSA) is 73.8 Å². The van der Waals surface area contributed by atoms with Crippen LogP contribution in [0.2, 0.25) is 0 Å². The zero-order valence-corrected chi connectivity index (χ0v) is 22.2. The fraction of sp³-hybridized carbons (Fsp3) is 0.682. The number of benzene rings is 1. The molecule has 0 saturated carbocycles. The molecular weight excluding hydrogens is 511 g/mol. The van der Waals surface area contributed by atoms with Crippen molar-refractivity contribution in [2.75, 3.05) is 32.4 Å². The summed E-state index contributed by atoms with van der Waals surface area (Å²) in [5.74, 6) is 1.49. The second kappa shape index (κ2) is 12.9. The number of guanidine groups is 1. The molecule has 0 bridgehead atoms. The van der Waals surface area contributed by atoms with Crippen LogP contribution in [0.1, 0.15) is 51.2 Å². The molecule has 1 unspecified atom stereocenters. The molecule has 0 radical (unpaired) electrons. The number of rotatable bonds is 8. The first-order chi connectivity index (χ1) is 13.7. The summed E-state index contributed by atoms with van der Waals surface area (Å²) < 4.78 is 23.6. The third-order valence-electron chi connectivity index (χ3n) is 5.26. The van der Waals surface area contributed by atoms with Crippen molar-refractivity contribution in [3.63, 3.8) is 0 Å². The highest BCUT2D eigenvalue weighted by atomic mass is 127. The highest BCUT2D eigenvalue weighted by Gasteiger charge is 2.22.